The quantitative estimate of drug-likeness (QED) is 0.859. The first kappa shape index (κ1) is 16.3. The van der Waals surface area contributed by atoms with Gasteiger partial charge in [-0.2, -0.15) is 0 Å². The van der Waals surface area contributed by atoms with E-state index in [4.69, 9.17) is 5.73 Å². The van der Waals surface area contributed by atoms with Crippen LogP contribution < -0.4 is 5.73 Å². The molecule has 1 aromatic carbocycles. The van der Waals surface area contributed by atoms with Crippen LogP contribution >= 0.6 is 12.4 Å². The number of aromatic amines is 1. The predicted molar refractivity (Wildman–Crippen MR) is 82.9 cm³/mol. The third-order valence-corrected chi connectivity index (χ3v) is 2.96. The van der Waals surface area contributed by atoms with Gasteiger partial charge in [0.1, 0.15) is 5.69 Å². The van der Waals surface area contributed by atoms with Crippen LogP contribution in [0.2, 0.25) is 0 Å². The fraction of sp³-hybridized carbons (Fsp3) is 0.267. The number of benzene rings is 1. The van der Waals surface area contributed by atoms with Gasteiger partial charge >= 0.3 is 0 Å². The highest BCUT2D eigenvalue weighted by molar-refractivity contribution is 5.92. The van der Waals surface area contributed by atoms with E-state index in [1.165, 1.54) is 0 Å². The molecule has 0 aliphatic heterocycles. The zero-order valence-corrected chi connectivity index (χ0v) is 12.1. The monoisotopic (exact) mass is 293 g/mol. The summed E-state index contributed by atoms with van der Waals surface area (Å²) in [4.78, 5) is 17.2. The molecule has 0 atom stereocenters. The Morgan fingerprint density at radius 3 is 2.50 bits per heavy atom. The van der Waals surface area contributed by atoms with Crippen molar-refractivity contribution in [2.24, 2.45) is 5.73 Å². The van der Waals surface area contributed by atoms with E-state index in [0.29, 0.717) is 25.3 Å². The van der Waals surface area contributed by atoms with E-state index in [-0.39, 0.29) is 18.3 Å². The molecular formula is C15H20ClN3O. The van der Waals surface area contributed by atoms with Gasteiger partial charge in [-0.1, -0.05) is 30.3 Å². The Balaban J connectivity index is 0.00000200. The summed E-state index contributed by atoms with van der Waals surface area (Å²) in [5.74, 6) is 0.0160. The van der Waals surface area contributed by atoms with Crippen LogP contribution in [0.15, 0.2) is 48.7 Å². The zero-order chi connectivity index (χ0) is 13.5. The van der Waals surface area contributed by atoms with E-state index in [2.05, 4.69) is 4.98 Å². The van der Waals surface area contributed by atoms with Gasteiger partial charge in [0, 0.05) is 19.3 Å². The number of halogens is 1. The second kappa shape index (κ2) is 8.40. The van der Waals surface area contributed by atoms with Gasteiger partial charge in [-0.25, -0.2) is 0 Å². The molecule has 20 heavy (non-hydrogen) atoms. The van der Waals surface area contributed by atoms with Gasteiger partial charge in [-0.3, -0.25) is 4.79 Å². The lowest BCUT2D eigenvalue weighted by Crippen LogP contribution is -2.32. The van der Waals surface area contributed by atoms with Crippen LogP contribution in [0.1, 0.15) is 22.5 Å². The van der Waals surface area contributed by atoms with Crippen LogP contribution in [0, 0.1) is 0 Å². The normalized spacial score (nSPS) is 9.85. The molecule has 1 amide bonds. The molecule has 0 spiro atoms. The first-order valence-corrected chi connectivity index (χ1v) is 6.48. The van der Waals surface area contributed by atoms with Crippen molar-refractivity contribution >= 4 is 18.3 Å². The second-order valence-corrected chi connectivity index (χ2v) is 4.44. The number of nitrogens with one attached hydrogen (secondary N) is 1. The Labute approximate surface area is 125 Å². The molecule has 1 aromatic heterocycles. The van der Waals surface area contributed by atoms with E-state index in [1.54, 1.807) is 12.3 Å². The van der Waals surface area contributed by atoms with Crippen LogP contribution in [0.25, 0.3) is 0 Å². The number of H-pyrrole nitrogens is 1. The van der Waals surface area contributed by atoms with Crippen molar-refractivity contribution in [2.45, 2.75) is 13.0 Å². The smallest absolute Gasteiger partial charge is 0.270 e. The third-order valence-electron chi connectivity index (χ3n) is 2.96. The van der Waals surface area contributed by atoms with Crippen LogP contribution in [-0.4, -0.2) is 28.9 Å². The van der Waals surface area contributed by atoms with Crippen LogP contribution in [0.5, 0.6) is 0 Å². The SMILES string of the molecule is Cl.NCCCN(Cc1ccccc1)C(=O)c1ccc[nH]1. The minimum absolute atomic E-state index is 0. The molecule has 0 aliphatic rings. The summed E-state index contributed by atoms with van der Waals surface area (Å²) in [6.45, 7) is 1.87. The maximum absolute atomic E-state index is 12.4. The van der Waals surface area contributed by atoms with Crippen LogP contribution in [0.3, 0.4) is 0 Å². The molecule has 1 heterocycles. The first-order chi connectivity index (χ1) is 9.31. The number of carbonyl (C=O) groups is 1. The van der Waals surface area contributed by atoms with Gasteiger partial charge in [-0.15, -0.1) is 12.4 Å². The Bertz CT molecular complexity index is 499. The standard InChI is InChI=1S/C15H19N3O.ClH/c16-9-5-11-18(12-13-6-2-1-3-7-13)15(19)14-8-4-10-17-14;/h1-4,6-8,10,17H,5,9,11-12,16H2;1H. The van der Waals surface area contributed by atoms with E-state index in [1.807, 2.05) is 41.3 Å². The Morgan fingerprint density at radius 2 is 1.90 bits per heavy atom. The third kappa shape index (κ3) is 4.40. The summed E-state index contributed by atoms with van der Waals surface area (Å²) in [6, 6.07) is 13.6. The number of aromatic nitrogens is 1. The van der Waals surface area contributed by atoms with Crippen molar-refractivity contribution in [2.75, 3.05) is 13.1 Å². The molecule has 3 N–H and O–H groups in total. The molecule has 0 unspecified atom stereocenters. The number of hydrogen-bond acceptors (Lipinski definition) is 2. The summed E-state index contributed by atoms with van der Waals surface area (Å²) < 4.78 is 0. The number of carbonyl (C=O) groups excluding carboxylic acids is 1. The fourth-order valence-electron chi connectivity index (χ4n) is 1.97. The highest BCUT2D eigenvalue weighted by Gasteiger charge is 2.16. The van der Waals surface area contributed by atoms with Gasteiger partial charge in [0.25, 0.3) is 5.91 Å². The summed E-state index contributed by atoms with van der Waals surface area (Å²) in [6.07, 6.45) is 2.57. The van der Waals surface area contributed by atoms with Crippen molar-refractivity contribution < 1.29 is 4.79 Å². The van der Waals surface area contributed by atoms with Gasteiger partial charge in [0.2, 0.25) is 0 Å². The maximum Gasteiger partial charge on any atom is 0.270 e. The minimum atomic E-state index is 0. The van der Waals surface area contributed by atoms with Gasteiger partial charge in [-0.05, 0) is 30.7 Å². The largest absolute Gasteiger partial charge is 0.357 e. The summed E-state index contributed by atoms with van der Waals surface area (Å²) in [5, 5.41) is 0. The molecule has 5 heteroatoms. The topological polar surface area (TPSA) is 62.1 Å². The van der Waals surface area contributed by atoms with Gasteiger partial charge < -0.3 is 15.6 Å². The van der Waals surface area contributed by atoms with E-state index in [9.17, 15) is 4.79 Å². The molecular weight excluding hydrogens is 274 g/mol. The Kier molecular flexibility index (Phi) is 6.84. The average molecular weight is 294 g/mol. The van der Waals surface area contributed by atoms with E-state index in [0.717, 1.165) is 12.0 Å². The zero-order valence-electron chi connectivity index (χ0n) is 11.3. The van der Waals surface area contributed by atoms with E-state index < -0.39 is 0 Å². The van der Waals surface area contributed by atoms with Gasteiger partial charge in [0.15, 0.2) is 0 Å². The van der Waals surface area contributed by atoms with Crippen molar-refractivity contribution in [1.82, 2.24) is 9.88 Å². The summed E-state index contributed by atoms with van der Waals surface area (Å²) in [5.41, 5.74) is 7.29. The molecule has 0 fully saturated rings. The lowest BCUT2D eigenvalue weighted by Gasteiger charge is -2.22. The summed E-state index contributed by atoms with van der Waals surface area (Å²) in [7, 11) is 0. The van der Waals surface area contributed by atoms with Crippen molar-refractivity contribution in [3.63, 3.8) is 0 Å². The molecule has 4 nitrogen and oxygen atoms in total. The summed E-state index contributed by atoms with van der Waals surface area (Å²) >= 11 is 0. The molecule has 108 valence electrons. The highest BCUT2D eigenvalue weighted by atomic mass is 35.5. The number of nitrogens with two attached hydrogens (primary N) is 1. The number of hydrogen-bond donors (Lipinski definition) is 2. The number of amides is 1. The molecule has 0 radical (unpaired) electrons. The predicted octanol–water partition coefficient (Wildman–Crippen LogP) is 2.43. The van der Waals surface area contributed by atoms with Crippen molar-refractivity contribution in [3.05, 3.63) is 59.9 Å². The molecule has 2 rings (SSSR count). The lowest BCUT2D eigenvalue weighted by molar-refractivity contribution is 0.0737. The minimum Gasteiger partial charge on any atom is -0.357 e. The molecule has 0 bridgehead atoms. The number of nitrogens with zero attached hydrogens (tertiary/aromatic N) is 1. The maximum atomic E-state index is 12.4. The van der Waals surface area contributed by atoms with Crippen molar-refractivity contribution in [3.8, 4) is 0 Å². The average Bonchev–Trinajstić information content (AvgIpc) is 2.98. The van der Waals surface area contributed by atoms with Crippen LogP contribution in [-0.2, 0) is 6.54 Å². The van der Waals surface area contributed by atoms with Crippen LogP contribution in [0.4, 0.5) is 0 Å². The molecule has 2 aromatic rings. The highest BCUT2D eigenvalue weighted by Crippen LogP contribution is 2.09. The molecule has 0 saturated heterocycles. The second-order valence-electron chi connectivity index (χ2n) is 4.44. The Hall–Kier alpha value is -1.78. The number of rotatable bonds is 6. The Morgan fingerprint density at radius 1 is 1.15 bits per heavy atom. The van der Waals surface area contributed by atoms with Crippen molar-refractivity contribution in [1.29, 1.82) is 0 Å². The lowest BCUT2D eigenvalue weighted by atomic mass is 10.2. The fourth-order valence-corrected chi connectivity index (χ4v) is 1.97. The first-order valence-electron chi connectivity index (χ1n) is 6.48. The molecule has 0 aliphatic carbocycles. The van der Waals surface area contributed by atoms with E-state index >= 15 is 0 Å². The molecule has 0 saturated carbocycles. The van der Waals surface area contributed by atoms with Gasteiger partial charge in [0.05, 0.1) is 0 Å².